The monoisotopic (exact) mass is 167 g/mol. The van der Waals surface area contributed by atoms with E-state index in [0.29, 0.717) is 0 Å². The lowest BCUT2D eigenvalue weighted by atomic mass is 11.3. The van der Waals surface area contributed by atoms with Gasteiger partial charge in [-0.1, -0.05) is 0 Å². The lowest BCUT2D eigenvalue weighted by Gasteiger charge is -2.39. The van der Waals surface area contributed by atoms with Gasteiger partial charge in [0, 0.05) is 5.41 Å². The largest absolute Gasteiger partial charge is 0.487 e. The van der Waals surface area contributed by atoms with Gasteiger partial charge in [0.15, 0.2) is 0 Å². The van der Waals surface area contributed by atoms with Gasteiger partial charge in [0.25, 0.3) is 0 Å². The molecule has 1 radical (unpaired) electrons. The van der Waals surface area contributed by atoms with E-state index in [-0.39, 0.29) is 2.10 Å². The molecule has 1 aliphatic rings. The van der Waals surface area contributed by atoms with Crippen molar-refractivity contribution in [3.63, 3.8) is 0 Å². The highest BCUT2D eigenvalue weighted by atomic mass is 32.3. The molecule has 0 atom stereocenters. The lowest BCUT2D eigenvalue weighted by molar-refractivity contribution is -0.264. The van der Waals surface area contributed by atoms with Crippen LogP contribution in [0.5, 0.6) is 0 Å². The molecular weight excluding hydrogens is 166 g/mol. The van der Waals surface area contributed by atoms with Gasteiger partial charge >= 0.3 is 0 Å². The standard InChI is InChI=1S/C2HNS4/c4-3(5)6-1-2-7-3/h1H/q-1. The van der Waals surface area contributed by atoms with Crippen LogP contribution in [0.4, 0.5) is 0 Å². The van der Waals surface area contributed by atoms with Crippen molar-refractivity contribution in [1.82, 2.24) is 0 Å². The third kappa shape index (κ3) is 1.81. The van der Waals surface area contributed by atoms with Crippen LogP contribution in [0.1, 0.15) is 0 Å². The van der Waals surface area contributed by atoms with Crippen LogP contribution in [-0.2, 0) is 25.6 Å². The fourth-order valence-electron chi connectivity index (χ4n) is 0.194. The molecule has 0 saturated heterocycles. The van der Waals surface area contributed by atoms with Crippen LogP contribution in [0, 0.1) is 5.41 Å². The lowest BCUT2D eigenvalue weighted by Crippen LogP contribution is -2.11. The summed E-state index contributed by atoms with van der Waals surface area (Å²) in [6.45, 7) is 0. The molecule has 0 aromatic heterocycles. The molecule has 1 aliphatic heterocycles. The summed E-state index contributed by atoms with van der Waals surface area (Å²) in [5.41, 5.74) is 0. The first-order valence-corrected chi connectivity index (χ1v) is 3.80. The van der Waals surface area contributed by atoms with E-state index in [4.69, 9.17) is 25.6 Å². The highest BCUT2D eigenvalue weighted by molar-refractivity contribution is 8.20. The van der Waals surface area contributed by atoms with Crippen LogP contribution in [0.25, 0.3) is 0 Å². The second-order valence-corrected chi connectivity index (χ2v) is 5.32. The van der Waals surface area contributed by atoms with Crippen LogP contribution >= 0.6 is 23.9 Å². The fraction of sp³-hybridized carbons (Fsp3) is 0. The van der Waals surface area contributed by atoms with Crippen molar-refractivity contribution >= 4 is 49.5 Å². The van der Waals surface area contributed by atoms with E-state index in [0.717, 1.165) is 0 Å². The van der Waals surface area contributed by atoms with Crippen LogP contribution in [0.2, 0.25) is 0 Å². The van der Waals surface area contributed by atoms with Gasteiger partial charge < -0.3 is 27.7 Å². The maximum Gasteiger partial charge on any atom is 0.0959 e. The molecule has 39 valence electrons. The normalized spacial score (nSPS) is 26.0. The summed E-state index contributed by atoms with van der Waals surface area (Å²) in [6.07, 6.45) is 0. The minimum Gasteiger partial charge on any atom is -0.487 e. The minimum absolute atomic E-state index is 0.0833. The Morgan fingerprint density at radius 2 is 2.29 bits per heavy atom. The van der Waals surface area contributed by atoms with E-state index in [1.165, 1.54) is 23.9 Å². The third-order valence-corrected chi connectivity index (χ3v) is 2.92. The second kappa shape index (κ2) is 2.14. The Morgan fingerprint density at radius 1 is 1.57 bits per heavy atom. The number of hydrogen-bond acceptors (Lipinski definition) is 4. The summed E-state index contributed by atoms with van der Waals surface area (Å²) in [4.78, 5) is 0. The molecular formula is C2HNS4-. The predicted octanol–water partition coefficient (Wildman–Crippen LogP) is 1.31. The van der Waals surface area contributed by atoms with Crippen molar-refractivity contribution < 1.29 is 2.10 Å². The Morgan fingerprint density at radius 3 is 2.43 bits per heavy atom. The van der Waals surface area contributed by atoms with Gasteiger partial charge in [0.1, 0.15) is 0 Å². The fourth-order valence-corrected chi connectivity index (χ4v) is 1.74. The summed E-state index contributed by atoms with van der Waals surface area (Å²) < 4.78 is 0.0833. The number of rotatable bonds is 0. The number of quaternary nitrogens is 1. The zero-order valence-electron chi connectivity index (χ0n) is 3.16. The quantitative estimate of drug-likeness (QED) is 0.303. The molecule has 0 saturated carbocycles. The van der Waals surface area contributed by atoms with Crippen molar-refractivity contribution in [3.05, 3.63) is 10.8 Å². The molecule has 0 aromatic carbocycles. The Bertz CT molecular complexity index is 87.9. The molecule has 0 amide bonds. The van der Waals surface area contributed by atoms with E-state index in [9.17, 15) is 0 Å². The van der Waals surface area contributed by atoms with Crippen molar-refractivity contribution in [2.24, 2.45) is 0 Å². The molecule has 1 rings (SSSR count). The zero-order valence-corrected chi connectivity index (χ0v) is 6.42. The van der Waals surface area contributed by atoms with Gasteiger partial charge in [-0.15, -0.1) is 0 Å². The molecule has 0 aliphatic carbocycles. The third-order valence-electron chi connectivity index (χ3n) is 0.394. The molecule has 1 nitrogen and oxygen atoms in total. The Hall–Kier alpha value is 1.10. The maximum absolute atomic E-state index is 4.79. The topological polar surface area (TPSA) is 0 Å². The van der Waals surface area contributed by atoms with Crippen LogP contribution < -0.4 is 0 Å². The molecule has 7 heavy (non-hydrogen) atoms. The minimum atomic E-state index is 0.0833. The summed E-state index contributed by atoms with van der Waals surface area (Å²) in [6, 6.07) is 0. The van der Waals surface area contributed by atoms with Crippen molar-refractivity contribution in [2.45, 2.75) is 0 Å². The van der Waals surface area contributed by atoms with Gasteiger partial charge in [-0.25, -0.2) is 0 Å². The first kappa shape index (κ1) is 6.22. The summed E-state index contributed by atoms with van der Waals surface area (Å²) >= 11 is 12.3. The summed E-state index contributed by atoms with van der Waals surface area (Å²) in [7, 11) is 0. The summed E-state index contributed by atoms with van der Waals surface area (Å²) in [5, 5.41) is 4.61. The van der Waals surface area contributed by atoms with Gasteiger partial charge in [0.2, 0.25) is 0 Å². The van der Waals surface area contributed by atoms with Crippen LogP contribution in [0.15, 0.2) is 5.41 Å². The van der Waals surface area contributed by atoms with Gasteiger partial charge in [-0.2, -0.15) is 0 Å². The average molecular weight is 167 g/mol. The molecule has 1 heterocycles. The number of nitrogens with zero attached hydrogens (tertiary/aromatic N) is 1. The van der Waals surface area contributed by atoms with E-state index in [1.54, 1.807) is 5.41 Å². The maximum atomic E-state index is 4.79. The van der Waals surface area contributed by atoms with Gasteiger partial charge in [-0.05, 0) is 0 Å². The smallest absolute Gasteiger partial charge is 0.0959 e. The van der Waals surface area contributed by atoms with E-state index >= 15 is 0 Å². The second-order valence-electron chi connectivity index (χ2n) is 0.880. The number of hydrogen-bond donors (Lipinski definition) is 0. The molecule has 0 unspecified atom stereocenters. The SMILES string of the molecule is [S-][N+]1([S-])S[C]=CS1. The summed E-state index contributed by atoms with van der Waals surface area (Å²) in [5.74, 6) is 0. The highest BCUT2D eigenvalue weighted by Gasteiger charge is 2.06. The predicted molar refractivity (Wildman–Crippen MR) is 38.0 cm³/mol. The van der Waals surface area contributed by atoms with E-state index in [2.05, 4.69) is 5.41 Å². The van der Waals surface area contributed by atoms with E-state index < -0.39 is 0 Å². The van der Waals surface area contributed by atoms with Crippen molar-refractivity contribution in [1.29, 1.82) is 0 Å². The Balaban J connectivity index is 2.49. The van der Waals surface area contributed by atoms with Gasteiger partial charge in [-0.3, -0.25) is 0 Å². The first-order chi connectivity index (χ1) is 3.21. The van der Waals surface area contributed by atoms with Crippen molar-refractivity contribution in [3.8, 4) is 0 Å². The Labute approximate surface area is 62.5 Å². The average Bonchev–Trinajstić information content (AvgIpc) is 1.84. The molecule has 0 N–H and O–H groups in total. The molecule has 0 spiro atoms. The first-order valence-electron chi connectivity index (χ1n) is 1.46. The Kier molecular flexibility index (Phi) is 1.91. The molecule has 5 heteroatoms. The van der Waals surface area contributed by atoms with E-state index in [1.807, 2.05) is 0 Å². The molecule has 0 aromatic rings. The zero-order chi connectivity index (χ0) is 5.33. The van der Waals surface area contributed by atoms with Crippen LogP contribution in [0.3, 0.4) is 0 Å². The molecule has 0 bridgehead atoms. The molecule has 0 fully saturated rings. The van der Waals surface area contributed by atoms with Crippen LogP contribution in [-0.4, -0.2) is 2.10 Å². The van der Waals surface area contributed by atoms with Gasteiger partial charge in [0.05, 0.1) is 29.3 Å². The highest BCUT2D eigenvalue weighted by Crippen LogP contribution is 2.37. The van der Waals surface area contributed by atoms with Crippen molar-refractivity contribution in [2.75, 3.05) is 0 Å².